The number of β-amino-alcohol motifs (C(OH)–C–C–N with tert-alkyl or cyclic N) is 1. The van der Waals surface area contributed by atoms with E-state index in [4.69, 9.17) is 9.47 Å². The van der Waals surface area contributed by atoms with E-state index in [0.29, 0.717) is 13.0 Å². The van der Waals surface area contributed by atoms with Gasteiger partial charge in [0.25, 0.3) is 0 Å². The zero-order chi connectivity index (χ0) is 30.5. The smallest absolute Gasteiger partial charge is 0.240 e. The molecule has 9 heteroatoms. The van der Waals surface area contributed by atoms with Gasteiger partial charge in [-0.15, -0.1) is 0 Å². The molecule has 44 heavy (non-hydrogen) atoms. The second-order valence-corrected chi connectivity index (χ2v) is 13.3. The van der Waals surface area contributed by atoms with Crippen molar-refractivity contribution in [2.45, 2.75) is 55.5 Å². The summed E-state index contributed by atoms with van der Waals surface area (Å²) in [5.41, 5.74) is 5.63. The normalized spacial score (nSPS) is 22.7. The number of sulfonamides is 1. The van der Waals surface area contributed by atoms with Crippen LogP contribution in [0.2, 0.25) is 0 Å². The molecule has 2 aliphatic rings. The molecule has 0 amide bonds. The van der Waals surface area contributed by atoms with Gasteiger partial charge in [0.15, 0.2) is 6.29 Å². The van der Waals surface area contributed by atoms with Crippen LogP contribution in [0.5, 0.6) is 0 Å². The van der Waals surface area contributed by atoms with Gasteiger partial charge in [-0.3, -0.25) is 4.90 Å². The fourth-order valence-electron chi connectivity index (χ4n) is 5.85. The van der Waals surface area contributed by atoms with Gasteiger partial charge in [0, 0.05) is 38.2 Å². The topological polar surface area (TPSA) is 108 Å². The zero-order valence-electron chi connectivity index (χ0n) is 24.5. The molecule has 0 aliphatic carbocycles. The lowest BCUT2D eigenvalue weighted by molar-refractivity contribution is -0.252. The Bertz CT molecular complexity index is 1630. The van der Waals surface area contributed by atoms with Crippen LogP contribution in [0.3, 0.4) is 0 Å². The average molecular weight is 615 g/mol. The van der Waals surface area contributed by atoms with Crippen LogP contribution in [-0.4, -0.2) is 55.4 Å². The van der Waals surface area contributed by atoms with Crippen LogP contribution in [-0.2, 0) is 32.6 Å². The van der Waals surface area contributed by atoms with Gasteiger partial charge < -0.3 is 19.7 Å². The molecular weight excluding hydrogens is 576 g/mol. The molecule has 2 saturated heterocycles. The van der Waals surface area contributed by atoms with Crippen LogP contribution in [0, 0.1) is 0 Å². The number of hydrogen-bond donors (Lipinski definition) is 3. The Hall–Kier alpha value is -3.41. The first-order valence-corrected chi connectivity index (χ1v) is 16.5. The van der Waals surface area contributed by atoms with Gasteiger partial charge in [0.05, 0.1) is 29.8 Å². The Morgan fingerprint density at radius 2 is 1.57 bits per heavy atom. The van der Waals surface area contributed by atoms with Gasteiger partial charge >= 0.3 is 0 Å². The maximum absolute atomic E-state index is 12.7. The van der Waals surface area contributed by atoms with Gasteiger partial charge in [-0.1, -0.05) is 84.9 Å². The Morgan fingerprint density at radius 3 is 2.27 bits per heavy atom. The largest absolute Gasteiger partial charge is 0.392 e. The third kappa shape index (κ3) is 7.44. The van der Waals surface area contributed by atoms with E-state index in [0.717, 1.165) is 52.9 Å². The molecule has 4 atom stereocenters. The molecule has 3 N–H and O–H groups in total. The van der Waals surface area contributed by atoms with Gasteiger partial charge in [-0.05, 0) is 52.4 Å². The summed E-state index contributed by atoms with van der Waals surface area (Å²) in [5.74, 6) is 0. The Balaban J connectivity index is 1.16. The van der Waals surface area contributed by atoms with Crippen molar-refractivity contribution in [2.24, 2.45) is 0 Å². The molecule has 0 aromatic heterocycles. The summed E-state index contributed by atoms with van der Waals surface area (Å²) >= 11 is 0. The third-order valence-electron chi connectivity index (χ3n) is 8.29. The number of aliphatic hydroxyl groups is 2. The first-order valence-electron chi connectivity index (χ1n) is 15.0. The zero-order valence-corrected chi connectivity index (χ0v) is 25.3. The summed E-state index contributed by atoms with van der Waals surface area (Å²) in [7, 11) is -3.60. The van der Waals surface area contributed by atoms with Crippen molar-refractivity contribution < 1.29 is 28.1 Å². The molecule has 6 rings (SSSR count). The van der Waals surface area contributed by atoms with E-state index < -0.39 is 16.3 Å². The number of benzene rings is 4. The Morgan fingerprint density at radius 1 is 0.818 bits per heavy atom. The van der Waals surface area contributed by atoms with Crippen molar-refractivity contribution in [1.82, 2.24) is 9.62 Å². The SMILES string of the molecule is O=S(=O)(NCc1cccc(-c2ccc([C@@H]3O[C@H](CN4CC[C@H](O)C4)C[C@H](c4ccc(CO)cc4)O3)cc2)c1)c1ccccc1. The van der Waals surface area contributed by atoms with E-state index in [1.54, 1.807) is 30.3 Å². The van der Waals surface area contributed by atoms with E-state index in [-0.39, 0.29) is 36.4 Å². The molecule has 0 unspecified atom stereocenters. The highest BCUT2D eigenvalue weighted by molar-refractivity contribution is 7.89. The molecule has 0 radical (unpaired) electrons. The summed E-state index contributed by atoms with van der Waals surface area (Å²) in [5, 5.41) is 19.5. The second-order valence-electron chi connectivity index (χ2n) is 11.5. The number of likely N-dealkylation sites (tertiary alicyclic amines) is 1. The molecule has 8 nitrogen and oxygen atoms in total. The number of nitrogens with zero attached hydrogens (tertiary/aromatic N) is 1. The van der Waals surface area contributed by atoms with Crippen LogP contribution >= 0.6 is 0 Å². The average Bonchev–Trinajstić information content (AvgIpc) is 3.48. The van der Waals surface area contributed by atoms with Crippen molar-refractivity contribution in [1.29, 1.82) is 0 Å². The van der Waals surface area contributed by atoms with Gasteiger partial charge in [-0.2, -0.15) is 0 Å². The molecular formula is C35H38N2O6S. The van der Waals surface area contributed by atoms with Crippen LogP contribution in [0.1, 0.15) is 47.5 Å². The Labute approximate surface area is 258 Å². The van der Waals surface area contributed by atoms with Crippen LogP contribution in [0.4, 0.5) is 0 Å². The summed E-state index contributed by atoms with van der Waals surface area (Å²) in [6, 6.07) is 32.1. The summed E-state index contributed by atoms with van der Waals surface area (Å²) in [6.45, 7) is 2.41. The third-order valence-corrected chi connectivity index (χ3v) is 9.70. The quantitative estimate of drug-likeness (QED) is 0.232. The fraction of sp³-hybridized carbons (Fsp3) is 0.314. The summed E-state index contributed by atoms with van der Waals surface area (Å²) in [4.78, 5) is 2.49. The number of aliphatic hydroxyl groups excluding tert-OH is 2. The number of rotatable bonds is 10. The predicted octanol–water partition coefficient (Wildman–Crippen LogP) is 4.94. The summed E-state index contributed by atoms with van der Waals surface area (Å²) in [6.07, 6.45) is 0.382. The molecule has 0 bridgehead atoms. The highest BCUT2D eigenvalue weighted by Gasteiger charge is 2.34. The van der Waals surface area contributed by atoms with E-state index in [2.05, 4.69) is 9.62 Å². The Kier molecular flexibility index (Phi) is 9.53. The maximum Gasteiger partial charge on any atom is 0.240 e. The lowest BCUT2D eigenvalue weighted by atomic mass is 9.99. The second kappa shape index (κ2) is 13.7. The lowest BCUT2D eigenvalue weighted by Crippen LogP contribution is -2.38. The van der Waals surface area contributed by atoms with E-state index in [1.165, 1.54) is 0 Å². The molecule has 0 saturated carbocycles. The van der Waals surface area contributed by atoms with Crippen LogP contribution in [0.15, 0.2) is 108 Å². The fourth-order valence-corrected chi connectivity index (χ4v) is 6.89. The molecule has 230 valence electrons. The monoisotopic (exact) mass is 614 g/mol. The summed E-state index contributed by atoms with van der Waals surface area (Å²) < 4.78 is 41.0. The molecule has 4 aromatic carbocycles. The van der Waals surface area contributed by atoms with Crippen molar-refractivity contribution in [3.8, 4) is 11.1 Å². The molecule has 2 fully saturated rings. The molecule has 2 aliphatic heterocycles. The number of hydrogen-bond acceptors (Lipinski definition) is 7. The van der Waals surface area contributed by atoms with Crippen molar-refractivity contribution in [3.63, 3.8) is 0 Å². The minimum Gasteiger partial charge on any atom is -0.392 e. The highest BCUT2D eigenvalue weighted by Crippen LogP contribution is 2.39. The molecule has 2 heterocycles. The first kappa shape index (κ1) is 30.6. The lowest BCUT2D eigenvalue weighted by Gasteiger charge is -2.37. The van der Waals surface area contributed by atoms with Gasteiger partial charge in [-0.25, -0.2) is 13.1 Å². The minimum absolute atomic E-state index is 0.00396. The predicted molar refractivity (Wildman–Crippen MR) is 168 cm³/mol. The van der Waals surface area contributed by atoms with Crippen LogP contribution < -0.4 is 4.72 Å². The molecule has 4 aromatic rings. The van der Waals surface area contributed by atoms with E-state index in [9.17, 15) is 18.6 Å². The van der Waals surface area contributed by atoms with E-state index in [1.807, 2.05) is 72.8 Å². The molecule has 0 spiro atoms. The van der Waals surface area contributed by atoms with Crippen molar-refractivity contribution in [3.05, 3.63) is 125 Å². The van der Waals surface area contributed by atoms with Gasteiger partial charge in [0.2, 0.25) is 10.0 Å². The number of ether oxygens (including phenoxy) is 2. The van der Waals surface area contributed by atoms with Crippen molar-refractivity contribution in [2.75, 3.05) is 19.6 Å². The highest BCUT2D eigenvalue weighted by atomic mass is 32.2. The minimum atomic E-state index is -3.60. The first-order chi connectivity index (χ1) is 21.4. The van der Waals surface area contributed by atoms with Crippen molar-refractivity contribution >= 4 is 10.0 Å². The van der Waals surface area contributed by atoms with Gasteiger partial charge in [0.1, 0.15) is 0 Å². The number of nitrogens with one attached hydrogen (secondary N) is 1. The maximum atomic E-state index is 12.7. The van der Waals surface area contributed by atoms with E-state index >= 15 is 0 Å². The van der Waals surface area contributed by atoms with Crippen LogP contribution in [0.25, 0.3) is 11.1 Å². The standard InChI is InChI=1S/C35H38N2O6S/c38-24-25-9-11-28(12-10-25)34-20-32(23-37-18-17-31(39)22-37)42-35(43-34)29-15-13-27(14-16-29)30-6-4-5-26(19-30)21-36-44(40,41)33-7-2-1-3-8-33/h1-16,19,31-32,34-36,38-39H,17-18,20-24H2/t31-,32-,34+,35+/m0/s1.